The number of carbonyl (C=O) groups excluding carboxylic acids is 3. The highest BCUT2D eigenvalue weighted by Crippen LogP contribution is 2.17. The molecule has 0 rings (SSSR count). The Morgan fingerprint density at radius 3 is 0.818 bits per heavy atom. The fourth-order valence-electron chi connectivity index (χ4n) is 8.99. The van der Waals surface area contributed by atoms with Crippen LogP contribution in [0, 0.1) is 0 Å². The fraction of sp³-hybridized carbons (Fsp3) is 0.704. The van der Waals surface area contributed by atoms with E-state index in [1.54, 1.807) is 0 Å². The van der Waals surface area contributed by atoms with Crippen LogP contribution >= 0.6 is 0 Å². The van der Waals surface area contributed by atoms with E-state index in [9.17, 15) is 14.4 Å². The second kappa shape index (κ2) is 64.6. The van der Waals surface area contributed by atoms with Gasteiger partial charge >= 0.3 is 17.9 Å². The van der Waals surface area contributed by atoms with Crippen molar-refractivity contribution in [2.45, 2.75) is 309 Å². The molecule has 0 aromatic rings. The van der Waals surface area contributed by atoms with E-state index in [0.717, 1.165) is 116 Å². The molecule has 0 aromatic carbocycles. The van der Waals surface area contributed by atoms with Crippen LogP contribution in [0.3, 0.4) is 0 Å². The molecular weight excluding hydrogens is 949 g/mol. The summed E-state index contributed by atoms with van der Waals surface area (Å²) in [6.45, 7) is 6.40. The van der Waals surface area contributed by atoms with Crippen LogP contribution in [0.15, 0.2) is 109 Å². The van der Waals surface area contributed by atoms with Crippen molar-refractivity contribution in [2.24, 2.45) is 0 Å². The average Bonchev–Trinajstić information content (AvgIpc) is 3.43. The third kappa shape index (κ3) is 62.8. The SMILES string of the molecule is CC/C=C\C/C=C\C/C=C\C/C=C\C/C=C\CCCCCCCCCCCCCC(=O)OCC(COC(=O)CCCC/C=C\C/C=C\C/C=C\C/C=C\CC)OC(=O)CCCCCCCCCCCCCCCCCCC. The molecule has 440 valence electrons. The summed E-state index contributed by atoms with van der Waals surface area (Å²) < 4.78 is 16.9. The van der Waals surface area contributed by atoms with Crippen LogP contribution in [0.4, 0.5) is 0 Å². The Kier molecular flexibility index (Phi) is 61.3. The van der Waals surface area contributed by atoms with E-state index in [2.05, 4.69) is 130 Å². The highest BCUT2D eigenvalue weighted by atomic mass is 16.6. The normalized spacial score (nSPS) is 12.8. The van der Waals surface area contributed by atoms with Crippen molar-refractivity contribution in [3.63, 3.8) is 0 Å². The highest BCUT2D eigenvalue weighted by Gasteiger charge is 2.19. The van der Waals surface area contributed by atoms with Gasteiger partial charge in [-0.3, -0.25) is 14.4 Å². The molecule has 0 aliphatic carbocycles. The Morgan fingerprint density at radius 1 is 0.273 bits per heavy atom. The summed E-state index contributed by atoms with van der Waals surface area (Å²) >= 11 is 0. The van der Waals surface area contributed by atoms with Gasteiger partial charge in [0, 0.05) is 19.3 Å². The number of allylic oxidation sites excluding steroid dienone is 18. The zero-order valence-corrected chi connectivity index (χ0v) is 50.4. The van der Waals surface area contributed by atoms with Crippen LogP contribution in [0.5, 0.6) is 0 Å². The minimum absolute atomic E-state index is 0.0912. The maximum absolute atomic E-state index is 12.9. The Bertz CT molecular complexity index is 1560. The van der Waals surface area contributed by atoms with Gasteiger partial charge in [0.1, 0.15) is 13.2 Å². The van der Waals surface area contributed by atoms with Crippen LogP contribution in [0.2, 0.25) is 0 Å². The van der Waals surface area contributed by atoms with E-state index in [0.29, 0.717) is 19.3 Å². The van der Waals surface area contributed by atoms with Crippen LogP contribution in [-0.2, 0) is 28.6 Å². The van der Waals surface area contributed by atoms with E-state index in [-0.39, 0.29) is 31.1 Å². The number of hydrogen-bond acceptors (Lipinski definition) is 6. The molecule has 0 spiro atoms. The van der Waals surface area contributed by atoms with Gasteiger partial charge in [0.15, 0.2) is 6.10 Å². The van der Waals surface area contributed by atoms with Gasteiger partial charge in [0.05, 0.1) is 0 Å². The van der Waals surface area contributed by atoms with Gasteiger partial charge in [-0.25, -0.2) is 0 Å². The predicted molar refractivity (Wildman–Crippen MR) is 334 cm³/mol. The second-order valence-electron chi connectivity index (χ2n) is 21.3. The summed E-state index contributed by atoms with van der Waals surface area (Å²) in [4.78, 5) is 38.3. The van der Waals surface area contributed by atoms with Crippen LogP contribution < -0.4 is 0 Å². The van der Waals surface area contributed by atoms with Crippen LogP contribution in [0.1, 0.15) is 303 Å². The number of esters is 3. The average molecular weight is 1070 g/mol. The lowest BCUT2D eigenvalue weighted by atomic mass is 10.0. The first-order chi connectivity index (χ1) is 38.0. The monoisotopic (exact) mass is 1070 g/mol. The van der Waals surface area contributed by atoms with Crippen molar-refractivity contribution in [3.8, 4) is 0 Å². The summed E-state index contributed by atoms with van der Waals surface area (Å²) in [6, 6.07) is 0. The molecule has 0 fully saturated rings. The van der Waals surface area contributed by atoms with Gasteiger partial charge in [-0.15, -0.1) is 0 Å². The van der Waals surface area contributed by atoms with Crippen molar-refractivity contribution in [3.05, 3.63) is 109 Å². The molecular formula is C71H120O6. The zero-order chi connectivity index (χ0) is 55.7. The first-order valence-electron chi connectivity index (χ1n) is 32.4. The maximum atomic E-state index is 12.9. The Hall–Kier alpha value is -3.93. The van der Waals surface area contributed by atoms with Gasteiger partial charge in [-0.2, -0.15) is 0 Å². The predicted octanol–water partition coefficient (Wildman–Crippen LogP) is 22.2. The molecule has 6 heteroatoms. The molecule has 0 amide bonds. The van der Waals surface area contributed by atoms with Gasteiger partial charge in [-0.1, -0.05) is 291 Å². The van der Waals surface area contributed by atoms with E-state index in [4.69, 9.17) is 14.2 Å². The number of rotatable bonds is 58. The smallest absolute Gasteiger partial charge is 0.306 e. The quantitative estimate of drug-likeness (QED) is 0.0261. The summed E-state index contributed by atoms with van der Waals surface area (Å²) in [7, 11) is 0. The molecule has 0 bridgehead atoms. The number of carbonyl (C=O) groups is 3. The van der Waals surface area contributed by atoms with Crippen molar-refractivity contribution in [2.75, 3.05) is 13.2 Å². The molecule has 1 atom stereocenters. The number of hydrogen-bond donors (Lipinski definition) is 0. The molecule has 0 saturated carbocycles. The lowest BCUT2D eigenvalue weighted by molar-refractivity contribution is -0.167. The van der Waals surface area contributed by atoms with E-state index in [1.165, 1.54) is 148 Å². The van der Waals surface area contributed by atoms with E-state index in [1.807, 2.05) is 0 Å². The van der Waals surface area contributed by atoms with E-state index >= 15 is 0 Å². The molecule has 0 saturated heterocycles. The van der Waals surface area contributed by atoms with Gasteiger partial charge < -0.3 is 14.2 Å². The standard InChI is InChI=1S/C71H120O6/c1-4-7-10-13-16-19-22-25-28-30-31-32-33-34-35-36-37-38-39-41-43-46-49-52-55-58-61-64-70(73)76-67-68(66-75-69(72)63-60-57-54-51-48-45-42-27-24-21-18-15-12-9-6-3)77-71(74)65-62-59-56-53-50-47-44-40-29-26-23-20-17-14-11-8-5-2/h7,9-10,12,16,18-19,21,25,27-28,31-32,34-35,42,48,51,68H,4-6,8,11,13-15,17,20,22-24,26,29-30,33,36-41,43-47,49-50,52-67H2,1-3H3/b10-7-,12-9-,19-16-,21-18-,28-25-,32-31-,35-34-,42-27-,51-48-. The Balaban J connectivity index is 4.34. The molecule has 6 nitrogen and oxygen atoms in total. The molecule has 0 aliphatic heterocycles. The van der Waals surface area contributed by atoms with Crippen molar-refractivity contribution < 1.29 is 28.6 Å². The number of unbranched alkanes of at least 4 members (excludes halogenated alkanes) is 29. The minimum Gasteiger partial charge on any atom is -0.462 e. The Labute approximate surface area is 476 Å². The molecule has 0 radical (unpaired) electrons. The Morgan fingerprint density at radius 2 is 0.506 bits per heavy atom. The summed E-state index contributed by atoms with van der Waals surface area (Å²) in [5, 5.41) is 0. The van der Waals surface area contributed by atoms with Gasteiger partial charge in [0.25, 0.3) is 0 Å². The third-order valence-electron chi connectivity index (χ3n) is 13.8. The summed E-state index contributed by atoms with van der Waals surface area (Å²) in [6.07, 6.45) is 88.1. The van der Waals surface area contributed by atoms with Crippen molar-refractivity contribution in [1.29, 1.82) is 0 Å². The van der Waals surface area contributed by atoms with Gasteiger partial charge in [-0.05, 0) is 103 Å². The lowest BCUT2D eigenvalue weighted by Crippen LogP contribution is -2.30. The van der Waals surface area contributed by atoms with Gasteiger partial charge in [0.2, 0.25) is 0 Å². The minimum atomic E-state index is -0.797. The molecule has 1 unspecified atom stereocenters. The molecule has 0 N–H and O–H groups in total. The molecule has 0 aliphatic rings. The lowest BCUT2D eigenvalue weighted by Gasteiger charge is -2.18. The van der Waals surface area contributed by atoms with Crippen LogP contribution in [-0.4, -0.2) is 37.2 Å². The maximum Gasteiger partial charge on any atom is 0.306 e. The largest absolute Gasteiger partial charge is 0.462 e. The molecule has 0 aromatic heterocycles. The third-order valence-corrected chi connectivity index (χ3v) is 13.8. The van der Waals surface area contributed by atoms with E-state index < -0.39 is 6.10 Å². The second-order valence-corrected chi connectivity index (χ2v) is 21.3. The summed E-state index contributed by atoms with van der Waals surface area (Å²) in [5.74, 6) is -0.926. The fourth-order valence-corrected chi connectivity index (χ4v) is 8.99. The number of ether oxygens (including phenoxy) is 3. The molecule has 77 heavy (non-hydrogen) atoms. The highest BCUT2D eigenvalue weighted by molar-refractivity contribution is 5.71. The van der Waals surface area contributed by atoms with Crippen LogP contribution in [0.25, 0.3) is 0 Å². The first-order valence-corrected chi connectivity index (χ1v) is 32.4. The van der Waals surface area contributed by atoms with Crippen molar-refractivity contribution in [1.82, 2.24) is 0 Å². The zero-order valence-electron chi connectivity index (χ0n) is 50.4. The topological polar surface area (TPSA) is 78.9 Å². The van der Waals surface area contributed by atoms with Crippen molar-refractivity contribution >= 4 is 17.9 Å². The molecule has 0 heterocycles. The summed E-state index contributed by atoms with van der Waals surface area (Å²) in [5.41, 5.74) is 0. The first kappa shape index (κ1) is 73.1.